The van der Waals surface area contributed by atoms with Gasteiger partial charge in [-0.3, -0.25) is 0 Å². The summed E-state index contributed by atoms with van der Waals surface area (Å²) in [5, 5.41) is 9.45. The maximum atomic E-state index is 6.15. The minimum absolute atomic E-state index is 0.146. The zero-order valence-electron chi connectivity index (χ0n) is 18.3. The number of methoxy groups -OCH3 is 1. The van der Waals surface area contributed by atoms with Crippen molar-refractivity contribution in [1.82, 2.24) is 10.0 Å². The first-order valence-corrected chi connectivity index (χ1v) is 11.0. The number of rotatable bonds is 9. The van der Waals surface area contributed by atoms with E-state index in [1.54, 1.807) is 0 Å². The van der Waals surface area contributed by atoms with Crippen molar-refractivity contribution in [2.24, 2.45) is 5.16 Å². The lowest BCUT2D eigenvalue weighted by Gasteiger charge is -2.48. The van der Waals surface area contributed by atoms with Crippen LogP contribution >= 0.6 is 0 Å². The molecule has 28 heavy (non-hydrogen) atoms. The first-order chi connectivity index (χ1) is 13.5. The third kappa shape index (κ3) is 3.67. The molecule has 0 aliphatic carbocycles. The maximum absolute atomic E-state index is 6.15. The van der Waals surface area contributed by atoms with Gasteiger partial charge in [0.1, 0.15) is 0 Å². The fourth-order valence-corrected chi connectivity index (χ4v) is 4.93. The Morgan fingerprint density at radius 3 is 2.54 bits per heavy atom. The minimum Gasteiger partial charge on any atom is -0.377 e. The van der Waals surface area contributed by atoms with Crippen LogP contribution in [0.15, 0.2) is 35.5 Å². The Bertz CT molecular complexity index is 651. The molecule has 156 valence electrons. The molecule has 1 aromatic carbocycles. The Labute approximate surface area is 170 Å². The summed E-state index contributed by atoms with van der Waals surface area (Å²) in [6, 6.07) is 10.7. The molecule has 0 bridgehead atoms. The number of hydrazine groups is 1. The van der Waals surface area contributed by atoms with E-state index in [4.69, 9.17) is 9.57 Å². The lowest BCUT2D eigenvalue weighted by Crippen LogP contribution is -2.62. The first kappa shape index (κ1) is 21.1. The van der Waals surface area contributed by atoms with Gasteiger partial charge in [0.2, 0.25) is 5.72 Å². The topological polar surface area (TPSA) is 37.3 Å². The molecule has 0 aromatic heterocycles. The molecule has 0 spiro atoms. The van der Waals surface area contributed by atoms with Gasteiger partial charge in [0, 0.05) is 25.6 Å². The monoisotopic (exact) mass is 387 g/mol. The van der Waals surface area contributed by atoms with E-state index in [1.807, 2.05) is 13.2 Å². The van der Waals surface area contributed by atoms with E-state index in [2.05, 4.69) is 67.1 Å². The third-order valence-corrected chi connectivity index (χ3v) is 6.70. The maximum Gasteiger partial charge on any atom is 0.222 e. The summed E-state index contributed by atoms with van der Waals surface area (Å²) in [6.45, 7) is 9.90. The molecule has 0 unspecified atom stereocenters. The van der Waals surface area contributed by atoms with Crippen LogP contribution in [0.2, 0.25) is 0 Å². The molecule has 0 radical (unpaired) electrons. The van der Waals surface area contributed by atoms with Gasteiger partial charge in [-0.25, -0.2) is 10.0 Å². The lowest BCUT2D eigenvalue weighted by atomic mass is 9.87. The lowest BCUT2D eigenvalue weighted by molar-refractivity contribution is -0.199. The number of nitrogens with zero attached hydrogens (tertiary/aromatic N) is 3. The number of hydrogen-bond donors (Lipinski definition) is 0. The Morgan fingerprint density at radius 2 is 1.93 bits per heavy atom. The fourth-order valence-electron chi connectivity index (χ4n) is 4.93. The predicted octanol–water partition coefficient (Wildman–Crippen LogP) is 5.17. The summed E-state index contributed by atoms with van der Waals surface area (Å²) in [7, 11) is 1.87. The quantitative estimate of drug-likeness (QED) is 0.586. The van der Waals surface area contributed by atoms with Crippen LogP contribution in [0, 0.1) is 0 Å². The number of oxime groups is 1. The smallest absolute Gasteiger partial charge is 0.222 e. The van der Waals surface area contributed by atoms with E-state index < -0.39 is 5.72 Å². The van der Waals surface area contributed by atoms with Crippen LogP contribution in [0.3, 0.4) is 0 Å². The van der Waals surface area contributed by atoms with Crippen molar-refractivity contribution in [3.63, 3.8) is 0 Å². The molecule has 2 aliphatic rings. The highest BCUT2D eigenvalue weighted by atomic mass is 16.7. The Hall–Kier alpha value is -1.59. The summed E-state index contributed by atoms with van der Waals surface area (Å²) in [5.41, 5.74) is 0.501. The van der Waals surface area contributed by atoms with E-state index in [-0.39, 0.29) is 5.60 Å². The molecule has 1 aromatic rings. The van der Waals surface area contributed by atoms with Crippen LogP contribution in [0.1, 0.15) is 78.2 Å². The molecule has 0 saturated carbocycles. The fraction of sp³-hybridized carbons (Fsp3) is 0.696. The number of unbranched alkanes of at least 4 members (excludes halogenated alkanes) is 1. The summed E-state index contributed by atoms with van der Waals surface area (Å²) in [5.74, 6) is 0.920. The number of hydrogen-bond acceptors (Lipinski definition) is 5. The first-order valence-electron chi connectivity index (χ1n) is 11.0. The predicted molar refractivity (Wildman–Crippen MR) is 114 cm³/mol. The Balaban J connectivity index is 2.00. The third-order valence-electron chi connectivity index (χ3n) is 6.70. The molecule has 0 amide bonds. The van der Waals surface area contributed by atoms with Crippen LogP contribution in [-0.4, -0.2) is 46.9 Å². The van der Waals surface area contributed by atoms with Crippen molar-refractivity contribution in [3.05, 3.63) is 35.9 Å². The molecular weight excluding hydrogens is 350 g/mol. The van der Waals surface area contributed by atoms with Crippen molar-refractivity contribution in [2.45, 2.75) is 90.0 Å². The molecule has 2 atom stereocenters. The van der Waals surface area contributed by atoms with E-state index in [0.717, 1.165) is 62.9 Å². The zero-order chi connectivity index (χ0) is 20.2. The van der Waals surface area contributed by atoms with Crippen LogP contribution in [0.25, 0.3) is 0 Å². The average Bonchev–Trinajstić information content (AvgIpc) is 3.34. The number of benzene rings is 1. The SMILES string of the molecule is CCCC[C@@]1(C)ON=C(c2ccccc2)N1N1CCC[C@H]1C(CC)(CC)OC. The van der Waals surface area contributed by atoms with E-state index in [9.17, 15) is 0 Å². The molecule has 1 saturated heterocycles. The van der Waals surface area contributed by atoms with Crippen molar-refractivity contribution < 1.29 is 9.57 Å². The van der Waals surface area contributed by atoms with Gasteiger partial charge in [0.15, 0.2) is 5.84 Å². The molecular formula is C23H37N3O2. The van der Waals surface area contributed by atoms with Crippen molar-refractivity contribution in [2.75, 3.05) is 13.7 Å². The summed E-state index contributed by atoms with van der Waals surface area (Å²) < 4.78 is 6.15. The summed E-state index contributed by atoms with van der Waals surface area (Å²) >= 11 is 0. The second kappa shape index (κ2) is 8.83. The highest BCUT2D eigenvalue weighted by Crippen LogP contribution is 2.41. The van der Waals surface area contributed by atoms with E-state index in [0.29, 0.717) is 6.04 Å². The van der Waals surface area contributed by atoms with Gasteiger partial charge in [0.25, 0.3) is 0 Å². The van der Waals surface area contributed by atoms with Gasteiger partial charge < -0.3 is 9.57 Å². The molecule has 5 heteroatoms. The van der Waals surface area contributed by atoms with E-state index in [1.165, 1.54) is 0 Å². The van der Waals surface area contributed by atoms with Gasteiger partial charge >= 0.3 is 0 Å². The van der Waals surface area contributed by atoms with Crippen LogP contribution < -0.4 is 0 Å². The largest absolute Gasteiger partial charge is 0.377 e. The van der Waals surface area contributed by atoms with Gasteiger partial charge in [-0.05, 0) is 39.0 Å². The highest BCUT2D eigenvalue weighted by molar-refractivity contribution is 5.99. The van der Waals surface area contributed by atoms with E-state index >= 15 is 0 Å². The number of amidine groups is 1. The Morgan fingerprint density at radius 1 is 1.21 bits per heavy atom. The van der Waals surface area contributed by atoms with Crippen molar-refractivity contribution in [3.8, 4) is 0 Å². The minimum atomic E-state index is -0.454. The molecule has 5 nitrogen and oxygen atoms in total. The average molecular weight is 388 g/mol. The van der Waals surface area contributed by atoms with Gasteiger partial charge in [-0.15, -0.1) is 0 Å². The van der Waals surface area contributed by atoms with Crippen LogP contribution in [0.5, 0.6) is 0 Å². The second-order valence-electron chi connectivity index (χ2n) is 8.26. The molecule has 3 rings (SSSR count). The Kier molecular flexibility index (Phi) is 6.66. The molecule has 2 heterocycles. The zero-order valence-corrected chi connectivity index (χ0v) is 18.3. The van der Waals surface area contributed by atoms with Crippen LogP contribution in [0.4, 0.5) is 0 Å². The summed E-state index contributed by atoms with van der Waals surface area (Å²) in [4.78, 5) is 6.13. The molecule has 0 N–H and O–H groups in total. The van der Waals surface area contributed by atoms with Crippen molar-refractivity contribution >= 4 is 5.84 Å². The van der Waals surface area contributed by atoms with Gasteiger partial charge in [-0.1, -0.05) is 62.7 Å². The van der Waals surface area contributed by atoms with Gasteiger partial charge in [-0.2, -0.15) is 0 Å². The second-order valence-corrected chi connectivity index (χ2v) is 8.26. The standard InChI is InChI=1S/C23H37N3O2/c1-6-9-17-22(4)26(21(24-28-22)19-14-11-10-12-15-19)25-18-13-16-20(25)23(7-2,8-3)27-5/h10-12,14-15,20H,6-9,13,16-18H2,1-5H3/t20-,22+/m0/s1. The number of ether oxygens (including phenoxy) is 1. The summed E-state index contributed by atoms with van der Waals surface area (Å²) in [6.07, 6.45) is 7.50. The van der Waals surface area contributed by atoms with Crippen molar-refractivity contribution in [1.29, 1.82) is 0 Å². The normalized spacial score (nSPS) is 25.8. The van der Waals surface area contributed by atoms with Crippen LogP contribution in [-0.2, 0) is 9.57 Å². The molecule has 2 aliphatic heterocycles. The van der Waals surface area contributed by atoms with Gasteiger partial charge in [0.05, 0.1) is 11.6 Å². The molecule has 1 fully saturated rings. The highest BCUT2D eigenvalue weighted by Gasteiger charge is 2.52.